The van der Waals surface area contributed by atoms with Gasteiger partial charge in [0.15, 0.2) is 0 Å². The van der Waals surface area contributed by atoms with Gasteiger partial charge in [-0.25, -0.2) is 4.98 Å². The van der Waals surface area contributed by atoms with E-state index in [1.54, 1.807) is 0 Å². The van der Waals surface area contributed by atoms with Crippen LogP contribution in [0.1, 0.15) is 11.1 Å². The van der Waals surface area contributed by atoms with Crippen molar-refractivity contribution < 1.29 is 13.2 Å². The van der Waals surface area contributed by atoms with Crippen molar-refractivity contribution in [2.24, 2.45) is 5.73 Å². The molecule has 2 nitrogen and oxygen atoms in total. The van der Waals surface area contributed by atoms with Crippen LogP contribution in [0.25, 0.3) is 0 Å². The van der Waals surface area contributed by atoms with E-state index in [2.05, 4.69) is 20.9 Å². The molecule has 0 aliphatic carbocycles. The SMILES string of the molecule is NCc1ccc(Sc2ccc(C(F)(F)F)cn2)c(Br)c1. The first-order valence-corrected chi connectivity index (χ1v) is 7.20. The normalized spacial score (nSPS) is 11.7. The van der Waals surface area contributed by atoms with Crippen molar-refractivity contribution in [2.45, 2.75) is 22.6 Å². The Bertz CT molecular complexity index is 600. The van der Waals surface area contributed by atoms with Gasteiger partial charge < -0.3 is 5.73 Å². The van der Waals surface area contributed by atoms with Crippen LogP contribution in [0.3, 0.4) is 0 Å². The van der Waals surface area contributed by atoms with Crippen LogP contribution < -0.4 is 5.73 Å². The van der Waals surface area contributed by atoms with Crippen LogP contribution >= 0.6 is 27.7 Å². The predicted octanol–water partition coefficient (Wildman–Crippen LogP) is 4.47. The van der Waals surface area contributed by atoms with Crippen LogP contribution in [0.5, 0.6) is 0 Å². The Morgan fingerprint density at radius 3 is 2.45 bits per heavy atom. The second-order valence-corrected chi connectivity index (χ2v) is 5.87. The third-order valence-corrected chi connectivity index (χ3v) is 4.46. The molecule has 1 heterocycles. The van der Waals surface area contributed by atoms with E-state index in [0.29, 0.717) is 11.6 Å². The van der Waals surface area contributed by atoms with Gasteiger partial charge in [-0.1, -0.05) is 17.8 Å². The Balaban J connectivity index is 2.18. The van der Waals surface area contributed by atoms with E-state index in [4.69, 9.17) is 5.73 Å². The van der Waals surface area contributed by atoms with Crippen molar-refractivity contribution in [2.75, 3.05) is 0 Å². The summed E-state index contributed by atoms with van der Waals surface area (Å²) in [5.74, 6) is 0. The van der Waals surface area contributed by atoms with Gasteiger partial charge >= 0.3 is 6.18 Å². The maximum absolute atomic E-state index is 12.4. The summed E-state index contributed by atoms with van der Waals surface area (Å²) in [6.45, 7) is 0.433. The minimum Gasteiger partial charge on any atom is -0.326 e. The van der Waals surface area contributed by atoms with Gasteiger partial charge in [0.05, 0.1) is 5.56 Å². The fourth-order valence-corrected chi connectivity index (χ4v) is 2.90. The maximum Gasteiger partial charge on any atom is 0.417 e. The molecule has 1 aromatic carbocycles. The minimum atomic E-state index is -4.36. The van der Waals surface area contributed by atoms with Gasteiger partial charge in [-0.2, -0.15) is 13.2 Å². The molecule has 0 spiro atoms. The standard InChI is InChI=1S/C13H10BrF3N2S/c14-10-5-8(6-18)1-3-11(10)20-12-4-2-9(7-19-12)13(15,16)17/h1-5,7H,6,18H2. The molecule has 0 fully saturated rings. The molecule has 2 N–H and O–H groups in total. The van der Waals surface area contributed by atoms with Gasteiger partial charge in [0.1, 0.15) is 5.03 Å². The molecule has 0 radical (unpaired) electrons. The number of alkyl halides is 3. The highest BCUT2D eigenvalue weighted by molar-refractivity contribution is 9.10. The fourth-order valence-electron chi connectivity index (χ4n) is 1.48. The molecule has 0 unspecified atom stereocenters. The van der Waals surface area contributed by atoms with Crippen molar-refractivity contribution in [1.29, 1.82) is 0 Å². The van der Waals surface area contributed by atoms with Crippen LogP contribution in [0.2, 0.25) is 0 Å². The second kappa shape index (κ2) is 6.15. The molecule has 20 heavy (non-hydrogen) atoms. The number of nitrogens with two attached hydrogens (primary N) is 1. The fraction of sp³-hybridized carbons (Fsp3) is 0.154. The van der Waals surface area contributed by atoms with Crippen LogP contribution in [0, 0.1) is 0 Å². The van der Waals surface area contributed by atoms with Crippen LogP contribution in [-0.4, -0.2) is 4.98 Å². The molecule has 2 rings (SSSR count). The Morgan fingerprint density at radius 1 is 1.20 bits per heavy atom. The molecule has 0 bridgehead atoms. The zero-order valence-electron chi connectivity index (χ0n) is 10.1. The molecule has 7 heteroatoms. The first-order chi connectivity index (χ1) is 9.40. The van der Waals surface area contributed by atoms with Crippen LogP contribution in [0.4, 0.5) is 13.2 Å². The van der Waals surface area contributed by atoms with Crippen molar-refractivity contribution in [3.05, 3.63) is 52.1 Å². The first kappa shape index (κ1) is 15.3. The Hall–Kier alpha value is -1.05. The lowest BCUT2D eigenvalue weighted by Crippen LogP contribution is -2.05. The van der Waals surface area contributed by atoms with E-state index in [0.717, 1.165) is 27.2 Å². The number of nitrogens with zero attached hydrogens (tertiary/aromatic N) is 1. The van der Waals surface area contributed by atoms with Crippen molar-refractivity contribution in [3.8, 4) is 0 Å². The second-order valence-electron chi connectivity index (χ2n) is 3.95. The van der Waals surface area contributed by atoms with E-state index >= 15 is 0 Å². The molecule has 0 amide bonds. The zero-order chi connectivity index (χ0) is 14.8. The molecule has 1 aromatic heterocycles. The lowest BCUT2D eigenvalue weighted by molar-refractivity contribution is -0.137. The molecule has 2 aromatic rings. The Labute approximate surface area is 126 Å². The summed E-state index contributed by atoms with van der Waals surface area (Å²) in [6.07, 6.45) is -3.52. The number of halogens is 4. The third-order valence-electron chi connectivity index (χ3n) is 2.51. The van der Waals surface area contributed by atoms with Gasteiger partial charge in [-0.3, -0.25) is 0 Å². The van der Waals surface area contributed by atoms with E-state index < -0.39 is 11.7 Å². The summed E-state index contributed by atoms with van der Waals surface area (Å²) in [5, 5.41) is 0.499. The summed E-state index contributed by atoms with van der Waals surface area (Å²) in [6, 6.07) is 7.99. The largest absolute Gasteiger partial charge is 0.417 e. The van der Waals surface area contributed by atoms with Gasteiger partial charge in [-0.05, 0) is 45.8 Å². The monoisotopic (exact) mass is 362 g/mol. The van der Waals surface area contributed by atoms with Gasteiger partial charge in [-0.15, -0.1) is 0 Å². The summed E-state index contributed by atoms with van der Waals surface area (Å²) in [5.41, 5.74) is 5.76. The van der Waals surface area contributed by atoms with Crippen LogP contribution in [0.15, 0.2) is 50.9 Å². The summed E-state index contributed by atoms with van der Waals surface area (Å²) < 4.78 is 38.1. The number of hydrogen-bond donors (Lipinski definition) is 1. The third kappa shape index (κ3) is 3.74. The highest BCUT2D eigenvalue weighted by Crippen LogP contribution is 2.34. The average Bonchev–Trinajstić information content (AvgIpc) is 2.40. The van der Waals surface area contributed by atoms with E-state index in [-0.39, 0.29) is 0 Å². The van der Waals surface area contributed by atoms with E-state index in [9.17, 15) is 13.2 Å². The van der Waals surface area contributed by atoms with Crippen molar-refractivity contribution >= 4 is 27.7 Å². The molecule has 106 valence electrons. The molecule has 0 aliphatic rings. The lowest BCUT2D eigenvalue weighted by Gasteiger charge is -2.08. The molecule has 0 atom stereocenters. The lowest BCUT2D eigenvalue weighted by atomic mass is 10.2. The highest BCUT2D eigenvalue weighted by atomic mass is 79.9. The molecule has 0 aliphatic heterocycles. The van der Waals surface area contributed by atoms with Gasteiger partial charge in [0, 0.05) is 22.1 Å². The summed E-state index contributed by atoms with van der Waals surface area (Å²) in [7, 11) is 0. The van der Waals surface area contributed by atoms with Gasteiger partial charge in [0.2, 0.25) is 0 Å². The predicted molar refractivity (Wildman–Crippen MR) is 75.4 cm³/mol. The van der Waals surface area contributed by atoms with Crippen molar-refractivity contribution in [1.82, 2.24) is 4.98 Å². The zero-order valence-corrected chi connectivity index (χ0v) is 12.5. The highest BCUT2D eigenvalue weighted by Gasteiger charge is 2.30. The van der Waals surface area contributed by atoms with E-state index in [1.165, 1.54) is 17.8 Å². The molecule has 0 saturated carbocycles. The van der Waals surface area contributed by atoms with Gasteiger partial charge in [0.25, 0.3) is 0 Å². The van der Waals surface area contributed by atoms with Crippen molar-refractivity contribution in [3.63, 3.8) is 0 Å². The Morgan fingerprint density at radius 2 is 1.95 bits per heavy atom. The first-order valence-electron chi connectivity index (χ1n) is 5.60. The average molecular weight is 363 g/mol. The Kier molecular flexibility index (Phi) is 4.72. The minimum absolute atomic E-state index is 0.433. The van der Waals surface area contributed by atoms with E-state index in [1.807, 2.05) is 18.2 Å². The quantitative estimate of drug-likeness (QED) is 0.875. The number of benzene rings is 1. The summed E-state index contributed by atoms with van der Waals surface area (Å²) in [4.78, 5) is 4.69. The topological polar surface area (TPSA) is 38.9 Å². The van der Waals surface area contributed by atoms with Crippen LogP contribution in [-0.2, 0) is 12.7 Å². The number of aromatic nitrogens is 1. The smallest absolute Gasteiger partial charge is 0.326 e. The maximum atomic E-state index is 12.4. The molecular weight excluding hydrogens is 353 g/mol. The summed E-state index contributed by atoms with van der Waals surface area (Å²) >= 11 is 4.69. The number of hydrogen-bond acceptors (Lipinski definition) is 3. The molecule has 0 saturated heterocycles. The molecular formula is C13H10BrF3N2S. The number of pyridine rings is 1. The number of rotatable bonds is 3.